The molecule has 2 aromatic carbocycles. The molecule has 0 atom stereocenters. The van der Waals surface area contributed by atoms with Gasteiger partial charge in [0.15, 0.2) is 12.4 Å². The van der Waals surface area contributed by atoms with E-state index < -0.39 is 5.97 Å². The van der Waals surface area contributed by atoms with Crippen LogP contribution in [0.3, 0.4) is 0 Å². The maximum atomic E-state index is 12.0. The summed E-state index contributed by atoms with van der Waals surface area (Å²) in [5.41, 5.74) is 1.30. The van der Waals surface area contributed by atoms with E-state index >= 15 is 0 Å². The van der Waals surface area contributed by atoms with Crippen LogP contribution in [0, 0.1) is 0 Å². The molecular formula is C20H20O5. The number of hydrogen-bond acceptors (Lipinski definition) is 5. The van der Waals surface area contributed by atoms with E-state index in [2.05, 4.69) is 0 Å². The molecule has 0 fully saturated rings. The van der Waals surface area contributed by atoms with Gasteiger partial charge in [0, 0.05) is 11.6 Å². The molecule has 0 aromatic heterocycles. The summed E-state index contributed by atoms with van der Waals surface area (Å²) in [6.45, 7) is 2.14. The molecule has 0 unspecified atom stereocenters. The Morgan fingerprint density at radius 2 is 1.60 bits per heavy atom. The number of rotatable bonds is 8. The Bertz CT molecular complexity index is 730. The van der Waals surface area contributed by atoms with E-state index in [0.29, 0.717) is 17.9 Å². The second kappa shape index (κ2) is 9.27. The fraction of sp³-hybridized carbons (Fsp3) is 0.200. The minimum absolute atomic E-state index is 0.269. The van der Waals surface area contributed by atoms with Gasteiger partial charge in [-0.15, -0.1) is 0 Å². The highest BCUT2D eigenvalue weighted by molar-refractivity contribution is 5.99. The van der Waals surface area contributed by atoms with Crippen LogP contribution in [0.5, 0.6) is 11.5 Å². The second-order valence-corrected chi connectivity index (χ2v) is 5.09. The minimum atomic E-state index is -0.574. The zero-order valence-electron chi connectivity index (χ0n) is 14.2. The maximum absolute atomic E-state index is 12.0. The number of hydrogen-bond donors (Lipinski definition) is 0. The number of methoxy groups -OCH3 is 1. The molecule has 130 valence electrons. The van der Waals surface area contributed by atoms with E-state index in [9.17, 15) is 9.59 Å². The summed E-state index contributed by atoms with van der Waals surface area (Å²) in [5.74, 6) is 0.587. The van der Waals surface area contributed by atoms with Gasteiger partial charge >= 0.3 is 5.97 Å². The maximum Gasteiger partial charge on any atom is 0.331 e. The Hall–Kier alpha value is -3.08. The molecule has 0 bridgehead atoms. The number of ketones is 1. The topological polar surface area (TPSA) is 61.8 Å². The Labute approximate surface area is 146 Å². The molecule has 5 heteroatoms. The molecule has 0 spiro atoms. The van der Waals surface area contributed by atoms with Gasteiger partial charge < -0.3 is 14.2 Å². The molecular weight excluding hydrogens is 320 g/mol. The van der Waals surface area contributed by atoms with Crippen molar-refractivity contribution in [3.8, 4) is 11.5 Å². The standard InChI is InChI=1S/C20H20O5/c1-3-24-18-11-7-16(8-12-18)19(21)14-25-20(22)13-6-15-4-9-17(23-2)10-5-15/h4-13H,3,14H2,1-2H3/b13-6+. The zero-order valence-corrected chi connectivity index (χ0v) is 14.2. The number of carbonyl (C=O) groups excluding carboxylic acids is 2. The molecule has 2 aromatic rings. The van der Waals surface area contributed by atoms with Gasteiger partial charge in [-0.1, -0.05) is 12.1 Å². The van der Waals surface area contributed by atoms with Gasteiger partial charge in [-0.2, -0.15) is 0 Å². The average molecular weight is 340 g/mol. The van der Waals surface area contributed by atoms with Gasteiger partial charge in [-0.25, -0.2) is 4.79 Å². The second-order valence-electron chi connectivity index (χ2n) is 5.09. The van der Waals surface area contributed by atoms with Crippen molar-refractivity contribution in [3.05, 3.63) is 65.7 Å². The lowest BCUT2D eigenvalue weighted by Gasteiger charge is -2.05. The van der Waals surface area contributed by atoms with Crippen LogP contribution in [0.15, 0.2) is 54.6 Å². The SMILES string of the molecule is CCOc1ccc(C(=O)COC(=O)/C=C/c2ccc(OC)cc2)cc1. The highest BCUT2D eigenvalue weighted by atomic mass is 16.5. The van der Waals surface area contributed by atoms with E-state index in [-0.39, 0.29) is 12.4 Å². The highest BCUT2D eigenvalue weighted by Crippen LogP contribution is 2.13. The monoisotopic (exact) mass is 340 g/mol. The molecule has 5 nitrogen and oxygen atoms in total. The quantitative estimate of drug-likeness (QED) is 0.418. The number of esters is 1. The van der Waals surface area contributed by atoms with Crippen LogP contribution in [-0.2, 0) is 9.53 Å². The summed E-state index contributed by atoms with van der Waals surface area (Å²) in [7, 11) is 1.59. The minimum Gasteiger partial charge on any atom is -0.497 e. The van der Waals surface area contributed by atoms with Crippen LogP contribution in [0.2, 0.25) is 0 Å². The fourth-order valence-electron chi connectivity index (χ4n) is 2.05. The number of benzene rings is 2. The van der Waals surface area contributed by atoms with Crippen molar-refractivity contribution >= 4 is 17.8 Å². The van der Waals surface area contributed by atoms with Crippen molar-refractivity contribution in [2.75, 3.05) is 20.3 Å². The number of Topliss-reactive ketones (excluding diaryl/α,β-unsaturated/α-hetero) is 1. The molecule has 0 aliphatic rings. The third-order valence-electron chi connectivity index (χ3n) is 3.36. The largest absolute Gasteiger partial charge is 0.497 e. The smallest absolute Gasteiger partial charge is 0.331 e. The van der Waals surface area contributed by atoms with E-state index in [1.807, 2.05) is 19.1 Å². The summed E-state index contributed by atoms with van der Waals surface area (Å²) in [4.78, 5) is 23.7. The van der Waals surface area contributed by atoms with Gasteiger partial charge in [-0.05, 0) is 55.0 Å². The van der Waals surface area contributed by atoms with Crippen molar-refractivity contribution in [1.82, 2.24) is 0 Å². The lowest BCUT2D eigenvalue weighted by Crippen LogP contribution is -2.12. The first-order valence-electron chi connectivity index (χ1n) is 7.87. The van der Waals surface area contributed by atoms with Gasteiger partial charge in [0.05, 0.1) is 13.7 Å². The van der Waals surface area contributed by atoms with Crippen LogP contribution < -0.4 is 9.47 Å². The summed E-state index contributed by atoms with van der Waals surface area (Å²) in [6.07, 6.45) is 2.90. The molecule has 0 radical (unpaired) electrons. The van der Waals surface area contributed by atoms with Gasteiger partial charge in [0.2, 0.25) is 0 Å². The molecule has 0 amide bonds. The van der Waals surface area contributed by atoms with Crippen molar-refractivity contribution < 1.29 is 23.8 Å². The van der Waals surface area contributed by atoms with Crippen molar-refractivity contribution in [3.63, 3.8) is 0 Å². The zero-order chi connectivity index (χ0) is 18.1. The summed E-state index contributed by atoms with van der Waals surface area (Å²) < 4.78 is 15.3. The molecule has 0 heterocycles. The van der Waals surface area contributed by atoms with Crippen LogP contribution in [0.1, 0.15) is 22.8 Å². The number of ether oxygens (including phenoxy) is 3. The first kappa shape index (κ1) is 18.3. The molecule has 0 saturated heterocycles. The van der Waals surface area contributed by atoms with Crippen LogP contribution in [0.25, 0.3) is 6.08 Å². The molecule has 0 saturated carbocycles. The molecule has 0 N–H and O–H groups in total. The molecule has 25 heavy (non-hydrogen) atoms. The van der Waals surface area contributed by atoms with Crippen LogP contribution in [-0.4, -0.2) is 32.1 Å². The van der Waals surface area contributed by atoms with Crippen molar-refractivity contribution in [2.45, 2.75) is 6.92 Å². The van der Waals surface area contributed by atoms with E-state index in [1.54, 1.807) is 49.6 Å². The Balaban J connectivity index is 1.83. The predicted molar refractivity (Wildman–Crippen MR) is 94.9 cm³/mol. The lowest BCUT2D eigenvalue weighted by atomic mass is 10.1. The Kier molecular flexibility index (Phi) is 6.77. The van der Waals surface area contributed by atoms with Gasteiger partial charge in [0.25, 0.3) is 0 Å². The Morgan fingerprint density at radius 1 is 0.960 bits per heavy atom. The lowest BCUT2D eigenvalue weighted by molar-refractivity contribution is -0.136. The number of carbonyl (C=O) groups is 2. The third kappa shape index (κ3) is 5.80. The molecule has 2 rings (SSSR count). The normalized spacial score (nSPS) is 10.5. The average Bonchev–Trinajstić information content (AvgIpc) is 2.65. The highest BCUT2D eigenvalue weighted by Gasteiger charge is 2.08. The first-order chi connectivity index (χ1) is 12.1. The molecule has 0 aliphatic heterocycles. The van der Waals surface area contributed by atoms with Crippen molar-refractivity contribution in [2.24, 2.45) is 0 Å². The van der Waals surface area contributed by atoms with Crippen molar-refractivity contribution in [1.29, 1.82) is 0 Å². The van der Waals surface area contributed by atoms with Crippen LogP contribution >= 0.6 is 0 Å². The van der Waals surface area contributed by atoms with Gasteiger partial charge in [-0.3, -0.25) is 4.79 Å². The first-order valence-corrected chi connectivity index (χ1v) is 7.87. The summed E-state index contributed by atoms with van der Waals surface area (Å²) in [6, 6.07) is 13.9. The van der Waals surface area contributed by atoms with Gasteiger partial charge in [0.1, 0.15) is 11.5 Å². The van der Waals surface area contributed by atoms with E-state index in [0.717, 1.165) is 11.3 Å². The van der Waals surface area contributed by atoms with E-state index in [1.165, 1.54) is 6.08 Å². The molecule has 0 aliphatic carbocycles. The predicted octanol–water partition coefficient (Wildman–Crippen LogP) is 3.53. The van der Waals surface area contributed by atoms with Crippen LogP contribution in [0.4, 0.5) is 0 Å². The summed E-state index contributed by atoms with van der Waals surface area (Å²) >= 11 is 0. The fourth-order valence-corrected chi connectivity index (χ4v) is 2.05. The summed E-state index contributed by atoms with van der Waals surface area (Å²) in [5, 5.41) is 0. The third-order valence-corrected chi connectivity index (χ3v) is 3.36. The van der Waals surface area contributed by atoms with E-state index in [4.69, 9.17) is 14.2 Å². The Morgan fingerprint density at radius 3 is 2.20 bits per heavy atom.